The molecular weight excluding hydrogens is 234 g/mol. The molecule has 2 aromatic heterocycles. The Hall–Kier alpha value is -1.36. The van der Waals surface area contributed by atoms with Crippen LogP contribution in [0.15, 0.2) is 28.3 Å². The zero-order valence-electron chi connectivity index (χ0n) is 10.4. The summed E-state index contributed by atoms with van der Waals surface area (Å²) in [6.07, 6.45) is 3.26. The zero-order chi connectivity index (χ0) is 12.6. The smallest absolute Gasteiger partial charge is 0.262 e. The van der Waals surface area contributed by atoms with Gasteiger partial charge in [-0.1, -0.05) is 20.8 Å². The van der Waals surface area contributed by atoms with Crippen molar-refractivity contribution in [2.75, 3.05) is 0 Å². The van der Waals surface area contributed by atoms with E-state index in [1.165, 1.54) is 10.9 Å². The molecule has 2 aromatic rings. The molecule has 0 N–H and O–H groups in total. The Morgan fingerprint density at radius 1 is 1.29 bits per heavy atom. The first-order valence-corrected chi connectivity index (χ1v) is 6.19. The third-order valence-electron chi connectivity index (χ3n) is 2.17. The summed E-state index contributed by atoms with van der Waals surface area (Å²) in [7, 11) is 1.69. The fourth-order valence-electron chi connectivity index (χ4n) is 1.49. The molecule has 0 amide bonds. The van der Waals surface area contributed by atoms with Crippen LogP contribution in [0.4, 0.5) is 0 Å². The van der Waals surface area contributed by atoms with Crippen molar-refractivity contribution in [1.29, 1.82) is 0 Å². The number of rotatable bonds is 1. The molecule has 0 aliphatic heterocycles. The molecule has 0 fully saturated rings. The molecule has 4 nitrogen and oxygen atoms in total. The van der Waals surface area contributed by atoms with Crippen molar-refractivity contribution in [2.24, 2.45) is 7.05 Å². The summed E-state index contributed by atoms with van der Waals surface area (Å²) >= 11 is 1.69. The number of hydrogen-bond donors (Lipinski definition) is 0. The van der Waals surface area contributed by atoms with Gasteiger partial charge in [0, 0.05) is 22.9 Å². The Balaban J connectivity index is 2.57. The highest BCUT2D eigenvalue weighted by atomic mass is 32.2. The fourth-order valence-corrected chi connectivity index (χ4v) is 2.48. The van der Waals surface area contributed by atoms with Crippen molar-refractivity contribution in [2.45, 2.75) is 30.4 Å². The minimum Gasteiger partial charge on any atom is -0.302 e. The lowest BCUT2D eigenvalue weighted by Crippen LogP contribution is -2.17. The van der Waals surface area contributed by atoms with Crippen molar-refractivity contribution in [3.8, 4) is 0 Å². The number of thioether (sulfide) groups is 1. The van der Waals surface area contributed by atoms with Gasteiger partial charge in [0.2, 0.25) is 0 Å². The maximum absolute atomic E-state index is 11.9. The van der Waals surface area contributed by atoms with Crippen LogP contribution in [0.25, 0.3) is 11.0 Å². The molecule has 17 heavy (non-hydrogen) atoms. The summed E-state index contributed by atoms with van der Waals surface area (Å²) in [5.41, 5.74) is 0.449. The number of nitrogens with zero attached hydrogens (tertiary/aromatic N) is 3. The van der Waals surface area contributed by atoms with Crippen molar-refractivity contribution < 1.29 is 0 Å². The molecule has 0 aliphatic carbocycles. The van der Waals surface area contributed by atoms with Gasteiger partial charge in [0.15, 0.2) is 5.65 Å². The number of aryl methyl sites for hydroxylation is 1. The Morgan fingerprint density at radius 3 is 2.65 bits per heavy atom. The second-order valence-electron chi connectivity index (χ2n) is 4.92. The van der Waals surface area contributed by atoms with Crippen molar-refractivity contribution in [3.63, 3.8) is 0 Å². The topological polar surface area (TPSA) is 47.8 Å². The van der Waals surface area contributed by atoms with E-state index >= 15 is 0 Å². The van der Waals surface area contributed by atoms with Gasteiger partial charge in [-0.05, 0) is 6.07 Å². The SMILES string of the molecule is Cn1cnc2ncc(SC(C)(C)C)cc2c1=O. The predicted octanol–water partition coefficient (Wildman–Crippen LogP) is 2.22. The van der Waals surface area contributed by atoms with Crippen LogP contribution < -0.4 is 5.56 Å². The van der Waals surface area contributed by atoms with Gasteiger partial charge >= 0.3 is 0 Å². The van der Waals surface area contributed by atoms with E-state index in [4.69, 9.17) is 0 Å². The molecule has 2 heterocycles. The van der Waals surface area contributed by atoms with Crippen LogP contribution in [0.5, 0.6) is 0 Å². The van der Waals surface area contributed by atoms with Crippen molar-refractivity contribution in [3.05, 3.63) is 28.9 Å². The number of aromatic nitrogens is 3. The molecule has 0 saturated carbocycles. The lowest BCUT2D eigenvalue weighted by molar-refractivity contribution is 0.802. The maximum Gasteiger partial charge on any atom is 0.262 e. The lowest BCUT2D eigenvalue weighted by atomic mass is 10.3. The first kappa shape index (κ1) is 12.1. The molecule has 5 heteroatoms. The van der Waals surface area contributed by atoms with E-state index in [0.29, 0.717) is 11.0 Å². The molecule has 90 valence electrons. The molecule has 0 aliphatic rings. The predicted molar refractivity (Wildman–Crippen MR) is 70.4 cm³/mol. The van der Waals surface area contributed by atoms with Gasteiger partial charge in [-0.15, -0.1) is 11.8 Å². The Labute approximate surface area is 104 Å². The van der Waals surface area contributed by atoms with Gasteiger partial charge in [-0.25, -0.2) is 9.97 Å². The highest BCUT2D eigenvalue weighted by Crippen LogP contribution is 2.31. The molecule has 2 rings (SSSR count). The van der Waals surface area contributed by atoms with Crippen LogP contribution in [-0.4, -0.2) is 19.3 Å². The van der Waals surface area contributed by atoms with Crippen LogP contribution in [0, 0.1) is 0 Å². The van der Waals surface area contributed by atoms with Gasteiger partial charge in [0.05, 0.1) is 11.7 Å². The average Bonchev–Trinajstić information content (AvgIpc) is 2.22. The molecule has 0 radical (unpaired) electrons. The van der Waals surface area contributed by atoms with Crippen molar-refractivity contribution in [1.82, 2.24) is 14.5 Å². The monoisotopic (exact) mass is 249 g/mol. The Morgan fingerprint density at radius 2 is 2.00 bits per heavy atom. The normalized spacial score (nSPS) is 12.0. The summed E-state index contributed by atoms with van der Waals surface area (Å²) in [5.74, 6) is 0. The molecule has 0 atom stereocenters. The highest BCUT2D eigenvalue weighted by molar-refractivity contribution is 8.00. The van der Waals surface area contributed by atoms with E-state index in [1.807, 2.05) is 6.07 Å². The van der Waals surface area contributed by atoms with Gasteiger partial charge < -0.3 is 4.57 Å². The lowest BCUT2D eigenvalue weighted by Gasteiger charge is -2.17. The third-order valence-corrected chi connectivity index (χ3v) is 3.24. The number of hydrogen-bond acceptors (Lipinski definition) is 4. The van der Waals surface area contributed by atoms with Crippen LogP contribution >= 0.6 is 11.8 Å². The summed E-state index contributed by atoms with van der Waals surface area (Å²) < 4.78 is 1.57. The second kappa shape index (κ2) is 4.14. The molecule has 0 saturated heterocycles. The summed E-state index contributed by atoms with van der Waals surface area (Å²) in [6.45, 7) is 6.38. The van der Waals surface area contributed by atoms with Crippen LogP contribution in [-0.2, 0) is 7.05 Å². The largest absolute Gasteiger partial charge is 0.302 e. The van der Waals surface area contributed by atoms with E-state index < -0.39 is 0 Å². The summed E-state index contributed by atoms with van der Waals surface area (Å²) in [4.78, 5) is 21.3. The van der Waals surface area contributed by atoms with Crippen LogP contribution in [0.2, 0.25) is 0 Å². The molecule has 0 bridgehead atoms. The molecule has 0 unspecified atom stereocenters. The summed E-state index contributed by atoms with van der Waals surface area (Å²) in [6, 6.07) is 1.87. The minimum atomic E-state index is -0.0566. The fraction of sp³-hybridized carbons (Fsp3) is 0.417. The average molecular weight is 249 g/mol. The zero-order valence-corrected chi connectivity index (χ0v) is 11.2. The standard InChI is InChI=1S/C12H15N3OS/c1-12(2,3)17-8-5-9-10(13-6-8)14-7-15(4)11(9)16/h5-7H,1-4H3. The Kier molecular flexibility index (Phi) is 2.95. The summed E-state index contributed by atoms with van der Waals surface area (Å²) in [5, 5.41) is 0.573. The van der Waals surface area contributed by atoms with E-state index in [9.17, 15) is 4.79 Å². The minimum absolute atomic E-state index is 0.0566. The second-order valence-corrected chi connectivity index (χ2v) is 6.82. The first-order chi connectivity index (χ1) is 7.87. The molecular formula is C12H15N3OS. The van der Waals surface area contributed by atoms with E-state index in [-0.39, 0.29) is 10.3 Å². The van der Waals surface area contributed by atoms with Crippen LogP contribution in [0.3, 0.4) is 0 Å². The highest BCUT2D eigenvalue weighted by Gasteiger charge is 2.13. The van der Waals surface area contributed by atoms with E-state index in [2.05, 4.69) is 30.7 Å². The van der Waals surface area contributed by atoms with E-state index in [0.717, 1.165) is 4.90 Å². The first-order valence-electron chi connectivity index (χ1n) is 5.37. The van der Waals surface area contributed by atoms with Gasteiger partial charge in [-0.2, -0.15) is 0 Å². The van der Waals surface area contributed by atoms with Crippen molar-refractivity contribution >= 4 is 22.8 Å². The number of fused-ring (bicyclic) bond motifs is 1. The number of pyridine rings is 1. The van der Waals surface area contributed by atoms with Gasteiger partial charge in [0.25, 0.3) is 5.56 Å². The molecule has 0 spiro atoms. The van der Waals surface area contributed by atoms with Gasteiger partial charge in [-0.3, -0.25) is 4.79 Å². The molecule has 0 aromatic carbocycles. The quantitative estimate of drug-likeness (QED) is 0.727. The third kappa shape index (κ3) is 2.66. The maximum atomic E-state index is 11.9. The van der Waals surface area contributed by atoms with Gasteiger partial charge in [0.1, 0.15) is 0 Å². The Bertz CT molecular complexity index is 613. The van der Waals surface area contributed by atoms with E-state index in [1.54, 1.807) is 25.0 Å². The van der Waals surface area contributed by atoms with Crippen LogP contribution in [0.1, 0.15) is 20.8 Å².